The number of hydrogen-bond acceptors (Lipinski definition) is 2. The van der Waals surface area contributed by atoms with Gasteiger partial charge in [0.15, 0.2) is 0 Å². The van der Waals surface area contributed by atoms with Gasteiger partial charge in [-0.3, -0.25) is 0 Å². The average Bonchev–Trinajstić information content (AvgIpc) is 2.68. The van der Waals surface area contributed by atoms with Gasteiger partial charge in [-0.25, -0.2) is 0 Å². The fourth-order valence-electron chi connectivity index (χ4n) is 3.69. The molecule has 2 N–H and O–H groups in total. The molecule has 0 fully saturated rings. The second-order valence-corrected chi connectivity index (χ2v) is 6.45. The summed E-state index contributed by atoms with van der Waals surface area (Å²) in [6.07, 6.45) is 0. The van der Waals surface area contributed by atoms with Crippen LogP contribution in [0.2, 0.25) is 0 Å². The summed E-state index contributed by atoms with van der Waals surface area (Å²) in [6, 6.07) is 27.5. The topological polar surface area (TPSA) is 32.3 Å². The first-order valence-electron chi connectivity index (χ1n) is 8.47. The Labute approximate surface area is 145 Å². The normalized spacial score (nSPS) is 11.6. The Balaban J connectivity index is 1.72. The molecule has 0 aromatic heterocycles. The summed E-state index contributed by atoms with van der Waals surface area (Å²) in [5.41, 5.74) is 3.04. The van der Waals surface area contributed by atoms with Crippen molar-refractivity contribution in [2.75, 3.05) is 5.32 Å². The third-order valence-corrected chi connectivity index (χ3v) is 4.94. The van der Waals surface area contributed by atoms with E-state index < -0.39 is 0 Å². The fourth-order valence-corrected chi connectivity index (χ4v) is 3.69. The van der Waals surface area contributed by atoms with Crippen molar-refractivity contribution < 1.29 is 5.11 Å². The minimum atomic E-state index is 0.0685. The zero-order chi connectivity index (χ0) is 16.8. The summed E-state index contributed by atoms with van der Waals surface area (Å²) in [5.74, 6) is 0. The van der Waals surface area contributed by atoms with E-state index in [-0.39, 0.29) is 6.61 Å². The van der Waals surface area contributed by atoms with Crippen LogP contribution in [0, 0.1) is 0 Å². The van der Waals surface area contributed by atoms with E-state index in [2.05, 4.69) is 59.9 Å². The van der Waals surface area contributed by atoms with Crippen LogP contribution in [-0.4, -0.2) is 5.11 Å². The highest BCUT2D eigenvalue weighted by Crippen LogP contribution is 2.38. The first kappa shape index (κ1) is 14.3. The molecule has 25 heavy (non-hydrogen) atoms. The van der Waals surface area contributed by atoms with Crippen LogP contribution in [-0.2, 0) is 6.61 Å². The van der Waals surface area contributed by atoms with E-state index in [0.717, 1.165) is 16.9 Å². The number of rotatable bonds is 3. The molecule has 0 aliphatic heterocycles. The van der Waals surface area contributed by atoms with Crippen molar-refractivity contribution in [3.8, 4) is 0 Å². The van der Waals surface area contributed by atoms with E-state index in [0.29, 0.717) is 0 Å². The molecule has 5 aromatic rings. The highest BCUT2D eigenvalue weighted by molar-refractivity contribution is 6.25. The summed E-state index contributed by atoms with van der Waals surface area (Å²) >= 11 is 0. The van der Waals surface area contributed by atoms with Gasteiger partial charge in [0, 0.05) is 16.8 Å². The maximum absolute atomic E-state index is 9.20. The Morgan fingerprint density at radius 2 is 1.28 bits per heavy atom. The molecule has 0 unspecified atom stereocenters. The Morgan fingerprint density at radius 1 is 0.640 bits per heavy atom. The molecular weight excluding hydrogens is 306 g/mol. The molecular formula is C23H17NO. The Hall–Kier alpha value is -3.10. The lowest BCUT2D eigenvalue weighted by atomic mass is 9.93. The third kappa shape index (κ3) is 2.23. The smallest absolute Gasteiger partial charge is 0.0681 e. The minimum Gasteiger partial charge on any atom is -0.392 e. The van der Waals surface area contributed by atoms with Gasteiger partial charge in [-0.2, -0.15) is 0 Å². The van der Waals surface area contributed by atoms with Gasteiger partial charge in [0.2, 0.25) is 0 Å². The van der Waals surface area contributed by atoms with Gasteiger partial charge >= 0.3 is 0 Å². The van der Waals surface area contributed by atoms with E-state index >= 15 is 0 Å². The van der Waals surface area contributed by atoms with E-state index in [1.165, 1.54) is 32.3 Å². The SMILES string of the molecule is OCc1ccc(Nc2ccc3ccc4cccc5ccc2c3c45)cc1. The lowest BCUT2D eigenvalue weighted by Gasteiger charge is -2.15. The number of hydrogen-bond donors (Lipinski definition) is 2. The third-order valence-electron chi connectivity index (χ3n) is 4.94. The summed E-state index contributed by atoms with van der Waals surface area (Å²) in [5, 5.41) is 20.4. The summed E-state index contributed by atoms with van der Waals surface area (Å²) in [4.78, 5) is 0. The lowest BCUT2D eigenvalue weighted by Crippen LogP contribution is -1.93. The molecule has 0 aliphatic rings. The fraction of sp³-hybridized carbons (Fsp3) is 0.0435. The van der Waals surface area contributed by atoms with Gasteiger partial charge < -0.3 is 10.4 Å². The van der Waals surface area contributed by atoms with Gasteiger partial charge in [-0.05, 0) is 50.7 Å². The molecule has 2 nitrogen and oxygen atoms in total. The van der Waals surface area contributed by atoms with Gasteiger partial charge in [-0.15, -0.1) is 0 Å². The molecule has 0 aliphatic carbocycles. The Morgan fingerprint density at radius 3 is 2.00 bits per heavy atom. The molecule has 0 spiro atoms. The lowest BCUT2D eigenvalue weighted by molar-refractivity contribution is 0.282. The molecule has 2 heteroatoms. The number of nitrogens with one attached hydrogen (secondary N) is 1. The number of anilines is 2. The van der Waals surface area contributed by atoms with Crippen LogP contribution < -0.4 is 5.32 Å². The first-order valence-corrected chi connectivity index (χ1v) is 8.47. The molecule has 0 heterocycles. The summed E-state index contributed by atoms with van der Waals surface area (Å²) < 4.78 is 0. The van der Waals surface area contributed by atoms with Crippen molar-refractivity contribution >= 4 is 43.7 Å². The van der Waals surface area contributed by atoms with Crippen molar-refractivity contribution in [1.29, 1.82) is 0 Å². The molecule has 120 valence electrons. The molecule has 0 bridgehead atoms. The standard InChI is InChI=1S/C23H17NO/c25-14-15-4-10-19(11-5-15)24-21-13-9-18-7-6-16-2-1-3-17-8-12-20(21)23(18)22(16)17/h1-13,24-25H,14H2. The quantitative estimate of drug-likeness (QED) is 0.410. The van der Waals surface area contributed by atoms with Crippen molar-refractivity contribution in [3.63, 3.8) is 0 Å². The van der Waals surface area contributed by atoms with Crippen molar-refractivity contribution in [1.82, 2.24) is 0 Å². The van der Waals surface area contributed by atoms with Crippen LogP contribution in [0.4, 0.5) is 11.4 Å². The minimum absolute atomic E-state index is 0.0685. The molecule has 0 amide bonds. The molecule has 0 saturated heterocycles. The van der Waals surface area contributed by atoms with E-state index in [1.807, 2.05) is 24.3 Å². The van der Waals surface area contributed by atoms with Crippen molar-refractivity contribution in [3.05, 3.63) is 84.4 Å². The van der Waals surface area contributed by atoms with Crippen molar-refractivity contribution in [2.24, 2.45) is 0 Å². The second kappa shape index (κ2) is 5.47. The van der Waals surface area contributed by atoms with Crippen LogP contribution in [0.25, 0.3) is 32.3 Å². The van der Waals surface area contributed by atoms with E-state index in [4.69, 9.17) is 0 Å². The monoisotopic (exact) mass is 323 g/mol. The Bertz CT molecular complexity index is 1180. The highest BCUT2D eigenvalue weighted by Gasteiger charge is 2.10. The molecule has 0 radical (unpaired) electrons. The highest BCUT2D eigenvalue weighted by atomic mass is 16.3. The van der Waals surface area contributed by atoms with Crippen LogP contribution in [0.1, 0.15) is 5.56 Å². The van der Waals surface area contributed by atoms with Crippen LogP contribution in [0.3, 0.4) is 0 Å². The van der Waals surface area contributed by atoms with Crippen LogP contribution in [0.5, 0.6) is 0 Å². The predicted octanol–water partition coefficient (Wildman–Crippen LogP) is 5.82. The molecule has 5 rings (SSSR count). The van der Waals surface area contributed by atoms with Gasteiger partial charge in [0.25, 0.3) is 0 Å². The number of aliphatic hydroxyl groups is 1. The van der Waals surface area contributed by atoms with Crippen molar-refractivity contribution in [2.45, 2.75) is 6.61 Å². The van der Waals surface area contributed by atoms with E-state index in [9.17, 15) is 5.11 Å². The average molecular weight is 323 g/mol. The van der Waals surface area contributed by atoms with Gasteiger partial charge in [0.1, 0.15) is 0 Å². The number of benzene rings is 5. The van der Waals surface area contributed by atoms with Crippen LogP contribution in [0.15, 0.2) is 78.9 Å². The zero-order valence-corrected chi connectivity index (χ0v) is 13.7. The first-order chi connectivity index (χ1) is 12.3. The predicted molar refractivity (Wildman–Crippen MR) is 106 cm³/mol. The number of aliphatic hydroxyl groups excluding tert-OH is 1. The molecule has 5 aromatic carbocycles. The largest absolute Gasteiger partial charge is 0.392 e. The molecule has 0 atom stereocenters. The van der Waals surface area contributed by atoms with Gasteiger partial charge in [-0.1, -0.05) is 60.7 Å². The summed E-state index contributed by atoms with van der Waals surface area (Å²) in [7, 11) is 0. The van der Waals surface area contributed by atoms with Crippen LogP contribution >= 0.6 is 0 Å². The van der Waals surface area contributed by atoms with E-state index in [1.54, 1.807) is 0 Å². The van der Waals surface area contributed by atoms with Gasteiger partial charge in [0.05, 0.1) is 6.61 Å². The second-order valence-electron chi connectivity index (χ2n) is 6.45. The zero-order valence-electron chi connectivity index (χ0n) is 13.7. The molecule has 0 saturated carbocycles. The summed E-state index contributed by atoms with van der Waals surface area (Å²) in [6.45, 7) is 0.0685. The maximum atomic E-state index is 9.20. The Kier molecular flexibility index (Phi) is 3.12. The maximum Gasteiger partial charge on any atom is 0.0681 e.